The van der Waals surface area contributed by atoms with Gasteiger partial charge in [-0.2, -0.15) is 5.10 Å². The molecule has 0 fully saturated rings. The van der Waals surface area contributed by atoms with Gasteiger partial charge in [-0.1, -0.05) is 15.9 Å². The highest BCUT2D eigenvalue weighted by molar-refractivity contribution is 9.10. The standard InChI is InChI=1S/C15H17BrN4O/c1-10-11(8-17-19-10)9-20(2)6-5-15-18-13-7-12(16)3-4-14(13)21-15/h3-4,7-8H,5-6,9H2,1-2H3,(H,17,19). The number of oxazole rings is 1. The average Bonchev–Trinajstić information content (AvgIpc) is 3.02. The first-order chi connectivity index (χ1) is 10.1. The number of benzene rings is 1. The number of hydrogen-bond donors (Lipinski definition) is 1. The maximum absolute atomic E-state index is 5.76. The van der Waals surface area contributed by atoms with Gasteiger partial charge in [0, 0.05) is 35.2 Å². The molecule has 0 amide bonds. The van der Waals surface area contributed by atoms with E-state index in [1.807, 2.05) is 31.3 Å². The van der Waals surface area contributed by atoms with Gasteiger partial charge >= 0.3 is 0 Å². The first-order valence-electron chi connectivity index (χ1n) is 6.84. The van der Waals surface area contributed by atoms with Crippen LogP contribution in [0.5, 0.6) is 0 Å². The van der Waals surface area contributed by atoms with Crippen molar-refractivity contribution in [3.63, 3.8) is 0 Å². The van der Waals surface area contributed by atoms with Crippen molar-refractivity contribution in [1.29, 1.82) is 0 Å². The monoisotopic (exact) mass is 348 g/mol. The molecule has 1 N–H and O–H groups in total. The quantitative estimate of drug-likeness (QED) is 0.768. The van der Waals surface area contributed by atoms with Gasteiger partial charge in [0.2, 0.25) is 0 Å². The Morgan fingerprint density at radius 3 is 3.00 bits per heavy atom. The summed E-state index contributed by atoms with van der Waals surface area (Å²) < 4.78 is 6.77. The van der Waals surface area contributed by atoms with Gasteiger partial charge in [-0.25, -0.2) is 4.98 Å². The van der Waals surface area contributed by atoms with Crippen LogP contribution in [0.4, 0.5) is 0 Å². The molecule has 1 aromatic carbocycles. The maximum atomic E-state index is 5.76. The van der Waals surface area contributed by atoms with Gasteiger partial charge in [0.15, 0.2) is 11.5 Å². The van der Waals surface area contributed by atoms with Crippen molar-refractivity contribution in [2.24, 2.45) is 0 Å². The van der Waals surface area contributed by atoms with E-state index in [-0.39, 0.29) is 0 Å². The minimum atomic E-state index is 0.777. The zero-order chi connectivity index (χ0) is 14.8. The lowest BCUT2D eigenvalue weighted by Crippen LogP contribution is -2.21. The molecule has 0 radical (unpaired) electrons. The van der Waals surface area contributed by atoms with Gasteiger partial charge in [0.05, 0.1) is 6.20 Å². The van der Waals surface area contributed by atoms with Gasteiger partial charge in [-0.05, 0) is 32.2 Å². The second-order valence-corrected chi connectivity index (χ2v) is 6.14. The third kappa shape index (κ3) is 3.33. The summed E-state index contributed by atoms with van der Waals surface area (Å²) in [6, 6.07) is 5.88. The molecule has 2 heterocycles. The predicted molar refractivity (Wildman–Crippen MR) is 85.1 cm³/mol. The van der Waals surface area contributed by atoms with E-state index in [0.29, 0.717) is 0 Å². The number of rotatable bonds is 5. The Morgan fingerprint density at radius 1 is 1.38 bits per heavy atom. The summed E-state index contributed by atoms with van der Waals surface area (Å²) in [6.07, 6.45) is 2.67. The topological polar surface area (TPSA) is 58.0 Å². The summed E-state index contributed by atoms with van der Waals surface area (Å²) in [4.78, 5) is 6.76. The Bertz CT molecular complexity index is 749. The minimum Gasteiger partial charge on any atom is -0.441 e. The number of nitrogens with zero attached hydrogens (tertiary/aromatic N) is 3. The van der Waals surface area contributed by atoms with Crippen LogP contribution in [0.15, 0.2) is 33.3 Å². The Labute approximate surface area is 131 Å². The van der Waals surface area contributed by atoms with Gasteiger partial charge in [0.1, 0.15) is 5.52 Å². The van der Waals surface area contributed by atoms with Crippen LogP contribution in [-0.2, 0) is 13.0 Å². The Kier molecular flexibility index (Phi) is 4.07. The van der Waals surface area contributed by atoms with E-state index in [2.05, 4.69) is 43.1 Å². The van der Waals surface area contributed by atoms with E-state index in [4.69, 9.17) is 4.42 Å². The van der Waals surface area contributed by atoms with Crippen molar-refractivity contribution in [2.75, 3.05) is 13.6 Å². The highest BCUT2D eigenvalue weighted by atomic mass is 79.9. The summed E-state index contributed by atoms with van der Waals surface area (Å²) in [5.41, 5.74) is 4.07. The maximum Gasteiger partial charge on any atom is 0.196 e. The number of halogens is 1. The average molecular weight is 349 g/mol. The smallest absolute Gasteiger partial charge is 0.196 e. The molecule has 110 valence electrons. The van der Waals surface area contributed by atoms with Gasteiger partial charge in [-0.15, -0.1) is 0 Å². The molecule has 3 aromatic rings. The van der Waals surface area contributed by atoms with E-state index < -0.39 is 0 Å². The number of likely N-dealkylation sites (N-methyl/N-ethyl adjacent to an activating group) is 1. The zero-order valence-electron chi connectivity index (χ0n) is 12.1. The summed E-state index contributed by atoms with van der Waals surface area (Å²) in [5.74, 6) is 0.777. The van der Waals surface area contributed by atoms with Crippen molar-refractivity contribution in [2.45, 2.75) is 19.9 Å². The van der Waals surface area contributed by atoms with Crippen molar-refractivity contribution in [3.8, 4) is 0 Å². The van der Waals surface area contributed by atoms with Crippen molar-refractivity contribution >= 4 is 27.0 Å². The number of fused-ring (bicyclic) bond motifs is 1. The number of H-pyrrole nitrogens is 1. The molecule has 0 saturated heterocycles. The summed E-state index contributed by atoms with van der Waals surface area (Å²) in [7, 11) is 2.09. The molecule has 0 saturated carbocycles. The van der Waals surface area contributed by atoms with Crippen LogP contribution < -0.4 is 0 Å². The predicted octanol–water partition coefficient (Wildman–Crippen LogP) is 3.30. The van der Waals surface area contributed by atoms with E-state index in [1.54, 1.807) is 0 Å². The van der Waals surface area contributed by atoms with Crippen LogP contribution in [0.3, 0.4) is 0 Å². The van der Waals surface area contributed by atoms with E-state index >= 15 is 0 Å². The fourth-order valence-electron chi connectivity index (χ4n) is 2.25. The van der Waals surface area contributed by atoms with E-state index in [9.17, 15) is 0 Å². The zero-order valence-corrected chi connectivity index (χ0v) is 13.6. The van der Waals surface area contributed by atoms with Crippen LogP contribution in [0.25, 0.3) is 11.1 Å². The number of aromatic amines is 1. The Hall–Kier alpha value is -1.66. The Morgan fingerprint density at radius 2 is 2.24 bits per heavy atom. The molecule has 0 atom stereocenters. The lowest BCUT2D eigenvalue weighted by molar-refractivity contribution is 0.318. The summed E-state index contributed by atoms with van der Waals surface area (Å²) >= 11 is 3.45. The number of aryl methyl sites for hydroxylation is 1. The second kappa shape index (κ2) is 5.99. The molecule has 0 aliphatic rings. The van der Waals surface area contributed by atoms with Crippen molar-refractivity contribution < 1.29 is 4.42 Å². The van der Waals surface area contributed by atoms with Crippen LogP contribution >= 0.6 is 15.9 Å². The molecule has 0 aliphatic carbocycles. The molecular weight excluding hydrogens is 332 g/mol. The van der Waals surface area contributed by atoms with Gasteiger partial charge in [0.25, 0.3) is 0 Å². The number of hydrogen-bond acceptors (Lipinski definition) is 4. The van der Waals surface area contributed by atoms with Gasteiger partial charge in [-0.3, -0.25) is 5.10 Å². The molecule has 2 aromatic heterocycles. The largest absolute Gasteiger partial charge is 0.441 e. The molecule has 5 nitrogen and oxygen atoms in total. The van der Waals surface area contributed by atoms with Crippen LogP contribution in [-0.4, -0.2) is 33.7 Å². The lowest BCUT2D eigenvalue weighted by atomic mass is 10.2. The second-order valence-electron chi connectivity index (χ2n) is 5.23. The SMILES string of the molecule is Cc1[nH]ncc1CN(C)CCc1nc2cc(Br)ccc2o1. The van der Waals surface area contributed by atoms with Gasteiger partial charge < -0.3 is 9.32 Å². The molecule has 21 heavy (non-hydrogen) atoms. The molecule has 0 bridgehead atoms. The molecule has 0 unspecified atom stereocenters. The molecule has 3 rings (SSSR count). The highest BCUT2D eigenvalue weighted by Crippen LogP contribution is 2.20. The molecular formula is C15H17BrN4O. The van der Waals surface area contributed by atoms with Crippen LogP contribution in [0, 0.1) is 6.92 Å². The third-order valence-electron chi connectivity index (χ3n) is 3.48. The van der Waals surface area contributed by atoms with E-state index in [0.717, 1.165) is 46.7 Å². The lowest BCUT2D eigenvalue weighted by Gasteiger charge is -2.14. The van der Waals surface area contributed by atoms with Crippen LogP contribution in [0.2, 0.25) is 0 Å². The first kappa shape index (κ1) is 14.3. The van der Waals surface area contributed by atoms with E-state index in [1.165, 1.54) is 5.56 Å². The summed E-state index contributed by atoms with van der Waals surface area (Å²) in [6.45, 7) is 3.79. The van der Waals surface area contributed by atoms with Crippen molar-refractivity contribution in [1.82, 2.24) is 20.1 Å². The highest BCUT2D eigenvalue weighted by Gasteiger charge is 2.09. The molecule has 6 heteroatoms. The first-order valence-corrected chi connectivity index (χ1v) is 7.63. The molecule has 0 aliphatic heterocycles. The van der Waals surface area contributed by atoms with Crippen molar-refractivity contribution in [3.05, 3.63) is 46.0 Å². The fourth-order valence-corrected chi connectivity index (χ4v) is 2.60. The van der Waals surface area contributed by atoms with Crippen LogP contribution in [0.1, 0.15) is 17.1 Å². The third-order valence-corrected chi connectivity index (χ3v) is 3.97. The Balaban J connectivity index is 1.62. The minimum absolute atomic E-state index is 0.777. The number of aromatic nitrogens is 3. The summed E-state index contributed by atoms with van der Waals surface area (Å²) in [5, 5.41) is 7.00. The molecule has 0 spiro atoms. The normalized spacial score (nSPS) is 11.6. The fraction of sp³-hybridized carbons (Fsp3) is 0.333. The number of nitrogens with one attached hydrogen (secondary N) is 1.